The minimum absolute atomic E-state index is 0.0343. The summed E-state index contributed by atoms with van der Waals surface area (Å²) in [6, 6.07) is 0. The van der Waals surface area contributed by atoms with Crippen LogP contribution in [-0.4, -0.2) is 60.5 Å². The molecule has 0 aliphatic rings. The molecule has 0 saturated heterocycles. The van der Waals surface area contributed by atoms with Gasteiger partial charge in [0.2, 0.25) is 0 Å². The van der Waals surface area contributed by atoms with Crippen LogP contribution in [0.3, 0.4) is 0 Å². The molecular formula is C39H66NO9P. The molecule has 0 aromatic rings. The van der Waals surface area contributed by atoms with Gasteiger partial charge in [0.05, 0.1) is 19.3 Å². The number of aliphatic hydroxyl groups is 1. The second kappa shape index (κ2) is 34.8. The molecule has 11 heteroatoms. The molecule has 286 valence electrons. The highest BCUT2D eigenvalue weighted by atomic mass is 31.2. The van der Waals surface area contributed by atoms with Crippen molar-refractivity contribution in [1.82, 2.24) is 0 Å². The Hall–Kier alpha value is -2.59. The number of carbonyl (C=O) groups is 2. The average Bonchev–Trinajstić information content (AvgIpc) is 3.10. The van der Waals surface area contributed by atoms with E-state index in [1.165, 1.54) is 12.8 Å². The summed E-state index contributed by atoms with van der Waals surface area (Å²) in [5.74, 6) is -0.943. The van der Waals surface area contributed by atoms with Gasteiger partial charge < -0.3 is 25.2 Å². The monoisotopic (exact) mass is 723 g/mol. The first-order valence-corrected chi connectivity index (χ1v) is 20.0. The van der Waals surface area contributed by atoms with E-state index in [4.69, 9.17) is 24.3 Å². The first kappa shape index (κ1) is 47.4. The largest absolute Gasteiger partial charge is 0.472 e. The summed E-state index contributed by atoms with van der Waals surface area (Å²) in [6.07, 6.45) is 37.1. The van der Waals surface area contributed by atoms with Crippen LogP contribution in [0.2, 0.25) is 0 Å². The van der Waals surface area contributed by atoms with Crippen molar-refractivity contribution in [3.05, 3.63) is 72.9 Å². The maximum Gasteiger partial charge on any atom is 0.472 e. The van der Waals surface area contributed by atoms with Crippen LogP contribution in [0.15, 0.2) is 72.9 Å². The fraction of sp³-hybridized carbons (Fsp3) is 0.641. The number of ether oxygens (including phenoxy) is 2. The van der Waals surface area contributed by atoms with E-state index in [2.05, 4.69) is 31.2 Å². The zero-order chi connectivity index (χ0) is 37.0. The summed E-state index contributed by atoms with van der Waals surface area (Å²) in [7, 11) is -4.40. The van der Waals surface area contributed by atoms with Crippen molar-refractivity contribution < 1.29 is 42.7 Å². The topological polar surface area (TPSA) is 155 Å². The maximum absolute atomic E-state index is 12.5. The number of phosphoric ester groups is 1. The van der Waals surface area contributed by atoms with Crippen LogP contribution in [-0.2, 0) is 32.7 Å². The Bertz CT molecular complexity index is 1070. The maximum atomic E-state index is 12.5. The number of aliphatic hydroxyl groups excluding tert-OH is 1. The Labute approximate surface area is 302 Å². The van der Waals surface area contributed by atoms with Gasteiger partial charge in [0.15, 0.2) is 6.10 Å². The van der Waals surface area contributed by atoms with Crippen molar-refractivity contribution in [3.63, 3.8) is 0 Å². The van der Waals surface area contributed by atoms with E-state index >= 15 is 0 Å². The number of esters is 2. The molecule has 0 radical (unpaired) electrons. The summed E-state index contributed by atoms with van der Waals surface area (Å²) in [4.78, 5) is 34.6. The van der Waals surface area contributed by atoms with E-state index in [1.807, 2.05) is 55.5 Å². The smallest absolute Gasteiger partial charge is 0.462 e. The summed E-state index contributed by atoms with van der Waals surface area (Å²) in [5, 5.41) is 9.74. The minimum Gasteiger partial charge on any atom is -0.462 e. The van der Waals surface area contributed by atoms with E-state index in [0.29, 0.717) is 25.7 Å². The van der Waals surface area contributed by atoms with E-state index in [9.17, 15) is 24.2 Å². The second-order valence-corrected chi connectivity index (χ2v) is 13.4. The number of rotatable bonds is 33. The van der Waals surface area contributed by atoms with E-state index in [-0.39, 0.29) is 32.6 Å². The van der Waals surface area contributed by atoms with Crippen LogP contribution in [0.5, 0.6) is 0 Å². The molecule has 0 bridgehead atoms. The highest BCUT2D eigenvalue weighted by Crippen LogP contribution is 2.43. The Morgan fingerprint density at radius 2 is 1.34 bits per heavy atom. The quantitative estimate of drug-likeness (QED) is 0.0197. The summed E-state index contributed by atoms with van der Waals surface area (Å²) < 4.78 is 32.5. The van der Waals surface area contributed by atoms with E-state index < -0.39 is 38.6 Å². The van der Waals surface area contributed by atoms with Crippen LogP contribution in [0, 0.1) is 0 Å². The van der Waals surface area contributed by atoms with Crippen LogP contribution < -0.4 is 5.73 Å². The molecule has 0 fully saturated rings. The minimum atomic E-state index is -4.40. The second-order valence-electron chi connectivity index (χ2n) is 11.9. The van der Waals surface area contributed by atoms with Gasteiger partial charge in [0, 0.05) is 19.4 Å². The number of carbonyl (C=O) groups excluding carboxylic acids is 2. The fourth-order valence-electron chi connectivity index (χ4n) is 4.37. The third-order valence-electron chi connectivity index (χ3n) is 7.15. The van der Waals surface area contributed by atoms with Crippen molar-refractivity contribution in [2.75, 3.05) is 26.4 Å². The molecule has 0 aromatic heterocycles. The Morgan fingerprint density at radius 3 is 2.08 bits per heavy atom. The van der Waals surface area contributed by atoms with Crippen molar-refractivity contribution in [1.29, 1.82) is 0 Å². The number of unbranched alkanes of at least 4 members (excludes halogenated alkanes) is 8. The van der Waals surface area contributed by atoms with Crippen LogP contribution in [0.4, 0.5) is 0 Å². The third-order valence-corrected chi connectivity index (χ3v) is 8.14. The predicted octanol–water partition coefficient (Wildman–Crippen LogP) is 8.90. The molecule has 0 rings (SSSR count). The molecule has 0 aliphatic heterocycles. The summed E-state index contributed by atoms with van der Waals surface area (Å²) >= 11 is 0. The highest BCUT2D eigenvalue weighted by Gasteiger charge is 2.25. The lowest BCUT2D eigenvalue weighted by atomic mass is 10.1. The summed E-state index contributed by atoms with van der Waals surface area (Å²) in [5.41, 5.74) is 5.32. The predicted molar refractivity (Wildman–Crippen MR) is 202 cm³/mol. The normalized spacial score (nSPS) is 14.9. The van der Waals surface area contributed by atoms with E-state index in [1.54, 1.807) is 0 Å². The molecule has 3 atom stereocenters. The number of allylic oxidation sites excluding steroid dienone is 10. The van der Waals surface area contributed by atoms with Crippen molar-refractivity contribution in [3.8, 4) is 0 Å². The van der Waals surface area contributed by atoms with Crippen molar-refractivity contribution in [2.45, 2.75) is 135 Å². The molecule has 0 aliphatic carbocycles. The van der Waals surface area contributed by atoms with Gasteiger partial charge in [-0.2, -0.15) is 0 Å². The molecule has 0 saturated carbocycles. The highest BCUT2D eigenvalue weighted by molar-refractivity contribution is 7.47. The van der Waals surface area contributed by atoms with Crippen LogP contribution in [0.25, 0.3) is 0 Å². The Balaban J connectivity index is 4.39. The molecule has 0 amide bonds. The molecule has 0 aromatic carbocycles. The SMILES string of the molecule is CC/C=C\C(O)C/C=C/C=C\C/C=C\C/C=C\CCCC(=O)OC[C@H](COP(=O)(O)OCCN)OC(=O)CCCCCCC/C=C\CCCC. The zero-order valence-corrected chi connectivity index (χ0v) is 31.6. The Morgan fingerprint density at radius 1 is 0.720 bits per heavy atom. The third kappa shape index (κ3) is 33.9. The first-order chi connectivity index (χ1) is 24.2. The van der Waals surface area contributed by atoms with Gasteiger partial charge in [0.25, 0.3) is 0 Å². The Kier molecular flexibility index (Phi) is 33.0. The van der Waals surface area contributed by atoms with Crippen LogP contribution >= 0.6 is 7.82 Å². The molecule has 2 unspecified atom stereocenters. The standard InChI is InChI=1S/C39H66NO9P/c1-3-5-7-8-9-10-13-18-21-24-27-31-39(43)49-37(35-48-50(44,45)47-33-32-40)34-46-38(42)30-26-23-20-17-15-12-11-14-16-19-22-25-29-36(41)28-6-4-2/h6,8-9,11-12,16-17,19-20,22,25,28,36-37,41H,3-5,7,10,13-15,18,21,23-24,26-27,29-35,40H2,1-2H3,(H,44,45)/b9-8-,12-11-,19-16-,20-17-,25-22+,28-6-/t36?,37-/m1/s1. The molecule has 50 heavy (non-hydrogen) atoms. The van der Waals surface area contributed by atoms with Crippen molar-refractivity contribution in [2.24, 2.45) is 5.73 Å². The van der Waals surface area contributed by atoms with Gasteiger partial charge in [-0.3, -0.25) is 18.6 Å². The van der Waals surface area contributed by atoms with Gasteiger partial charge in [-0.25, -0.2) is 4.57 Å². The van der Waals surface area contributed by atoms with Gasteiger partial charge in [-0.05, 0) is 64.2 Å². The van der Waals surface area contributed by atoms with Gasteiger partial charge in [0.1, 0.15) is 6.61 Å². The number of phosphoric acid groups is 1. The summed E-state index contributed by atoms with van der Waals surface area (Å²) in [6.45, 7) is 3.32. The lowest BCUT2D eigenvalue weighted by molar-refractivity contribution is -0.161. The molecule has 4 N–H and O–H groups in total. The van der Waals surface area contributed by atoms with Crippen LogP contribution in [0.1, 0.15) is 123 Å². The zero-order valence-electron chi connectivity index (χ0n) is 30.7. The first-order valence-electron chi connectivity index (χ1n) is 18.5. The van der Waals surface area contributed by atoms with Gasteiger partial charge >= 0.3 is 19.8 Å². The molecule has 0 spiro atoms. The lowest BCUT2D eigenvalue weighted by Crippen LogP contribution is -2.29. The van der Waals surface area contributed by atoms with Crippen molar-refractivity contribution >= 4 is 19.8 Å². The molecule has 10 nitrogen and oxygen atoms in total. The average molecular weight is 724 g/mol. The van der Waals surface area contributed by atoms with E-state index in [0.717, 1.165) is 57.8 Å². The number of nitrogens with two attached hydrogens (primary N) is 1. The lowest BCUT2D eigenvalue weighted by Gasteiger charge is -2.19. The number of hydrogen-bond donors (Lipinski definition) is 3. The molecule has 0 heterocycles. The van der Waals surface area contributed by atoms with Gasteiger partial charge in [-0.15, -0.1) is 0 Å². The fourth-order valence-corrected chi connectivity index (χ4v) is 5.14. The molecular weight excluding hydrogens is 657 g/mol. The van der Waals surface area contributed by atoms with Gasteiger partial charge in [-0.1, -0.05) is 119 Å². The number of hydrogen-bond acceptors (Lipinski definition) is 9.